The fraction of sp³-hybridized carbons (Fsp3) is 0.450. The van der Waals surface area contributed by atoms with Gasteiger partial charge in [-0.2, -0.15) is 5.10 Å². The summed E-state index contributed by atoms with van der Waals surface area (Å²) in [5.74, 6) is -0.123. The first-order valence-electron chi connectivity index (χ1n) is 9.28. The van der Waals surface area contributed by atoms with Crippen molar-refractivity contribution in [1.82, 2.24) is 19.6 Å². The zero-order valence-electron chi connectivity index (χ0n) is 15.6. The molecule has 0 radical (unpaired) electrons. The van der Waals surface area contributed by atoms with Crippen molar-refractivity contribution in [3.05, 3.63) is 63.5 Å². The molecule has 27 heavy (non-hydrogen) atoms. The maximum Gasteiger partial charge on any atom is 0.267 e. The first kappa shape index (κ1) is 19.6. The Kier molecular flexibility index (Phi) is 6.63. The van der Waals surface area contributed by atoms with Crippen LogP contribution in [0.3, 0.4) is 0 Å². The Hall–Kier alpha value is -2.18. The number of hydrogen-bond donors (Lipinski definition) is 0. The molecule has 1 aromatic carbocycles. The van der Waals surface area contributed by atoms with Crippen molar-refractivity contribution in [1.29, 1.82) is 0 Å². The van der Waals surface area contributed by atoms with Crippen LogP contribution in [0, 0.1) is 0 Å². The molecular formula is C20H25ClN4O2. The standard InChI is InChI=1S/C20H25ClN4O2/c1-23(20(27)15-25-19(26)10-9-18(21)22-25)17-8-5-12-24(14-17)13-11-16-6-3-2-4-7-16/h2-4,6-7,9-10,17H,5,8,11-15H2,1H3/t17-/m0/s1. The van der Waals surface area contributed by atoms with E-state index in [1.165, 1.54) is 17.7 Å². The largest absolute Gasteiger partial charge is 0.340 e. The van der Waals surface area contributed by atoms with Crippen molar-refractivity contribution in [2.45, 2.75) is 31.8 Å². The van der Waals surface area contributed by atoms with Gasteiger partial charge in [-0.15, -0.1) is 0 Å². The molecule has 0 N–H and O–H groups in total. The monoisotopic (exact) mass is 388 g/mol. The summed E-state index contributed by atoms with van der Waals surface area (Å²) in [5.41, 5.74) is 1.00. The minimum absolute atomic E-state index is 0.0869. The molecule has 1 amide bonds. The Morgan fingerprint density at radius 3 is 2.81 bits per heavy atom. The fourth-order valence-electron chi connectivity index (χ4n) is 3.46. The lowest BCUT2D eigenvalue weighted by molar-refractivity contribution is -0.133. The van der Waals surface area contributed by atoms with Crippen molar-refractivity contribution < 1.29 is 4.79 Å². The molecule has 7 heteroatoms. The number of likely N-dealkylation sites (tertiary alicyclic amines) is 1. The summed E-state index contributed by atoms with van der Waals surface area (Å²) in [6.07, 6.45) is 3.04. The van der Waals surface area contributed by atoms with Crippen LogP contribution < -0.4 is 5.56 Å². The summed E-state index contributed by atoms with van der Waals surface area (Å²) in [6, 6.07) is 13.4. The van der Waals surface area contributed by atoms with Gasteiger partial charge in [-0.3, -0.25) is 9.59 Å². The maximum absolute atomic E-state index is 12.6. The third-order valence-corrected chi connectivity index (χ3v) is 5.30. The zero-order chi connectivity index (χ0) is 19.2. The summed E-state index contributed by atoms with van der Waals surface area (Å²) in [7, 11) is 1.81. The van der Waals surface area contributed by atoms with E-state index in [0.29, 0.717) is 0 Å². The van der Waals surface area contributed by atoms with Crippen molar-refractivity contribution in [3.63, 3.8) is 0 Å². The van der Waals surface area contributed by atoms with Gasteiger partial charge in [-0.25, -0.2) is 4.68 Å². The summed E-state index contributed by atoms with van der Waals surface area (Å²) >= 11 is 5.83. The summed E-state index contributed by atoms with van der Waals surface area (Å²) in [6.45, 7) is 2.81. The van der Waals surface area contributed by atoms with Crippen LogP contribution in [0.2, 0.25) is 5.15 Å². The van der Waals surface area contributed by atoms with Gasteiger partial charge in [0.05, 0.1) is 0 Å². The zero-order valence-corrected chi connectivity index (χ0v) is 16.3. The molecule has 0 spiro atoms. The predicted octanol–water partition coefficient (Wildman–Crippen LogP) is 2.06. The van der Waals surface area contributed by atoms with E-state index in [4.69, 9.17) is 11.6 Å². The highest BCUT2D eigenvalue weighted by Gasteiger charge is 2.26. The van der Waals surface area contributed by atoms with Crippen molar-refractivity contribution >= 4 is 17.5 Å². The molecule has 144 valence electrons. The van der Waals surface area contributed by atoms with Gasteiger partial charge in [0.2, 0.25) is 5.91 Å². The number of nitrogens with zero attached hydrogens (tertiary/aromatic N) is 4. The molecule has 1 atom stereocenters. The predicted molar refractivity (Wildman–Crippen MR) is 106 cm³/mol. The molecule has 2 heterocycles. The molecule has 1 aromatic heterocycles. The van der Waals surface area contributed by atoms with Crippen molar-refractivity contribution in [2.75, 3.05) is 26.7 Å². The number of rotatable bonds is 6. The van der Waals surface area contributed by atoms with Gasteiger partial charge < -0.3 is 9.80 Å². The Morgan fingerprint density at radius 1 is 1.26 bits per heavy atom. The van der Waals surface area contributed by atoms with Crippen LogP contribution in [-0.4, -0.2) is 58.2 Å². The Balaban J connectivity index is 1.55. The van der Waals surface area contributed by atoms with Gasteiger partial charge in [-0.1, -0.05) is 41.9 Å². The second kappa shape index (κ2) is 9.15. The average Bonchev–Trinajstić information content (AvgIpc) is 2.69. The van der Waals surface area contributed by atoms with E-state index in [9.17, 15) is 9.59 Å². The molecule has 6 nitrogen and oxygen atoms in total. The Labute approximate surface area is 164 Å². The van der Waals surface area contributed by atoms with E-state index in [1.54, 1.807) is 4.90 Å². The molecule has 0 bridgehead atoms. The lowest BCUT2D eigenvalue weighted by Crippen LogP contribution is -2.50. The number of aromatic nitrogens is 2. The van der Waals surface area contributed by atoms with Crippen LogP contribution in [0.25, 0.3) is 0 Å². The molecule has 0 aliphatic carbocycles. The van der Waals surface area contributed by atoms with Gasteiger partial charge in [0.15, 0.2) is 0 Å². The van der Waals surface area contributed by atoms with Crippen molar-refractivity contribution in [2.24, 2.45) is 0 Å². The molecular weight excluding hydrogens is 364 g/mol. The number of carbonyl (C=O) groups is 1. The SMILES string of the molecule is CN(C(=O)Cn1nc(Cl)ccc1=O)[C@H]1CCCN(CCc2ccccc2)C1. The van der Waals surface area contributed by atoms with Crippen LogP contribution in [0.1, 0.15) is 18.4 Å². The quantitative estimate of drug-likeness (QED) is 0.760. The smallest absolute Gasteiger partial charge is 0.267 e. The highest BCUT2D eigenvalue weighted by Crippen LogP contribution is 2.16. The lowest BCUT2D eigenvalue weighted by Gasteiger charge is -2.37. The van der Waals surface area contributed by atoms with Crippen LogP contribution >= 0.6 is 11.6 Å². The number of amides is 1. The van der Waals surface area contributed by atoms with Gasteiger partial charge in [-0.05, 0) is 37.4 Å². The fourth-order valence-corrected chi connectivity index (χ4v) is 3.62. The van der Waals surface area contributed by atoms with E-state index in [0.717, 1.165) is 43.6 Å². The van der Waals surface area contributed by atoms with Crippen LogP contribution in [0.5, 0.6) is 0 Å². The molecule has 1 fully saturated rings. The summed E-state index contributed by atoms with van der Waals surface area (Å²) < 4.78 is 1.12. The number of piperidine rings is 1. The Bertz CT molecular complexity index is 824. The number of halogens is 1. The van der Waals surface area contributed by atoms with Gasteiger partial charge in [0, 0.05) is 32.2 Å². The molecule has 2 aromatic rings. The van der Waals surface area contributed by atoms with E-state index >= 15 is 0 Å². The molecule has 1 aliphatic heterocycles. The molecule has 1 saturated heterocycles. The van der Waals surface area contributed by atoms with Crippen LogP contribution in [-0.2, 0) is 17.8 Å². The summed E-state index contributed by atoms with van der Waals surface area (Å²) in [4.78, 5) is 28.6. The third kappa shape index (κ3) is 5.40. The number of hydrogen-bond acceptors (Lipinski definition) is 4. The van der Waals surface area contributed by atoms with E-state index in [1.807, 2.05) is 13.1 Å². The third-order valence-electron chi connectivity index (χ3n) is 5.10. The van der Waals surface area contributed by atoms with E-state index < -0.39 is 0 Å². The van der Waals surface area contributed by atoms with Gasteiger partial charge >= 0.3 is 0 Å². The first-order valence-corrected chi connectivity index (χ1v) is 9.66. The normalized spacial score (nSPS) is 17.6. The molecule has 0 unspecified atom stereocenters. The second-order valence-electron chi connectivity index (χ2n) is 6.99. The first-order chi connectivity index (χ1) is 13.0. The van der Waals surface area contributed by atoms with Gasteiger partial charge in [0.1, 0.15) is 11.7 Å². The van der Waals surface area contributed by atoms with Crippen LogP contribution in [0.4, 0.5) is 0 Å². The maximum atomic E-state index is 12.6. The van der Waals surface area contributed by atoms with Crippen molar-refractivity contribution in [3.8, 4) is 0 Å². The second-order valence-corrected chi connectivity index (χ2v) is 7.38. The number of benzene rings is 1. The average molecular weight is 389 g/mol. The van der Waals surface area contributed by atoms with Gasteiger partial charge in [0.25, 0.3) is 5.56 Å². The highest BCUT2D eigenvalue weighted by atomic mass is 35.5. The van der Waals surface area contributed by atoms with E-state index in [-0.39, 0.29) is 29.2 Å². The molecule has 0 saturated carbocycles. The summed E-state index contributed by atoms with van der Waals surface area (Å²) in [5, 5.41) is 4.13. The molecule has 1 aliphatic rings. The molecule has 3 rings (SSSR count). The van der Waals surface area contributed by atoms with Crippen LogP contribution in [0.15, 0.2) is 47.3 Å². The Morgan fingerprint density at radius 2 is 2.04 bits per heavy atom. The minimum atomic E-state index is -0.325. The number of likely N-dealkylation sites (N-methyl/N-ethyl adjacent to an activating group) is 1. The lowest BCUT2D eigenvalue weighted by atomic mass is 10.0. The topological polar surface area (TPSA) is 58.4 Å². The highest BCUT2D eigenvalue weighted by molar-refractivity contribution is 6.29. The van der Waals surface area contributed by atoms with E-state index in [2.05, 4.69) is 34.3 Å². The minimum Gasteiger partial charge on any atom is -0.340 e. The number of carbonyl (C=O) groups excluding carboxylic acids is 1.